The van der Waals surface area contributed by atoms with Crippen molar-refractivity contribution in [3.63, 3.8) is 0 Å². The van der Waals surface area contributed by atoms with Gasteiger partial charge in [-0.15, -0.1) is 0 Å². The molecule has 0 radical (unpaired) electrons. The summed E-state index contributed by atoms with van der Waals surface area (Å²) in [6, 6.07) is 71.8. The lowest BCUT2D eigenvalue weighted by Gasteiger charge is -2.24. The van der Waals surface area contributed by atoms with Crippen LogP contribution < -0.4 is 4.74 Å². The largest absolute Gasteiger partial charge is 0.457 e. The first-order chi connectivity index (χ1) is 40.8. The lowest BCUT2D eigenvalue weighted by Crippen LogP contribution is -2.09. The van der Waals surface area contributed by atoms with E-state index in [1.807, 2.05) is 0 Å². The zero-order valence-electron chi connectivity index (χ0n) is 49.4. The quantitative estimate of drug-likeness (QED) is 0.114. The van der Waals surface area contributed by atoms with Crippen molar-refractivity contribution in [2.75, 3.05) is 0 Å². The number of ether oxygens (including phenoxy) is 1. The summed E-state index contributed by atoms with van der Waals surface area (Å²) in [5.74, 6) is 3.78. The molecule has 0 fully saturated rings. The van der Waals surface area contributed by atoms with E-state index in [9.17, 15) is 0 Å². The summed E-state index contributed by atoms with van der Waals surface area (Å²) in [6.07, 6.45) is 0. The second kappa shape index (κ2) is 20.7. The van der Waals surface area contributed by atoms with Crippen LogP contribution in [0.2, 0.25) is 0 Å². The number of pyridine rings is 1. The fraction of sp³-hybridized carbons (Fsp3) is 0.182. The molecule has 0 spiro atoms. The molecule has 4 aromatic heterocycles. The zero-order valence-corrected chi connectivity index (χ0v) is 49.4. The van der Waals surface area contributed by atoms with Gasteiger partial charge >= 0.3 is 0 Å². The molecule has 0 saturated heterocycles. The summed E-state index contributed by atoms with van der Waals surface area (Å²) < 4.78 is 19.4. The van der Waals surface area contributed by atoms with Crippen LogP contribution in [0.3, 0.4) is 0 Å². The lowest BCUT2D eigenvalue weighted by atomic mass is 9.88. The van der Waals surface area contributed by atoms with E-state index >= 15 is 0 Å². The van der Waals surface area contributed by atoms with Gasteiger partial charge in [0.05, 0.1) is 39.0 Å². The Hall–Kier alpha value is -9.59. The van der Waals surface area contributed by atoms with Crippen LogP contribution in [0.4, 0.5) is 0 Å². The summed E-state index contributed by atoms with van der Waals surface area (Å²) in [7, 11) is 0. The third kappa shape index (κ3) is 8.84. The summed E-state index contributed by atoms with van der Waals surface area (Å²) in [5, 5.41) is 6.50. The zero-order chi connectivity index (χ0) is 57.7. The number of aromatic nitrogens is 5. The molecule has 0 unspecified atom stereocenters. The van der Waals surface area contributed by atoms with E-state index in [0.29, 0.717) is 11.5 Å². The fourth-order valence-corrected chi connectivity index (χ4v) is 13.0. The number of hydrogen-bond acceptors (Lipinski definition) is 5. The second-order valence-corrected chi connectivity index (χ2v) is 24.0. The highest BCUT2D eigenvalue weighted by Gasteiger charge is 2.29. The first-order valence-electron chi connectivity index (χ1n) is 29.7. The SMILES string of the molecule is Cc1cc2c(ccc3c2ccc2oc4c(-c5nc6ccccc6n5-c5c(C(C)C)cc(-c6ccccc6)cc5C(C)C)cc(Oc5cccc(-c6nc7ccccc7n6-c6c(C(C)C)cc(-c7ccccc7)cc6C(C)C)c5)cc4c23)c(C)n1. The molecule has 0 aliphatic rings. The van der Waals surface area contributed by atoms with Gasteiger partial charge < -0.3 is 9.15 Å². The molecule has 10 aromatic carbocycles. The van der Waals surface area contributed by atoms with Gasteiger partial charge in [-0.2, -0.15) is 0 Å². The minimum atomic E-state index is 0.183. The average Bonchev–Trinajstić information content (AvgIpc) is 1.89. The number of benzene rings is 10. The minimum Gasteiger partial charge on any atom is -0.457 e. The van der Waals surface area contributed by atoms with Gasteiger partial charge in [0.15, 0.2) is 0 Å². The Morgan fingerprint density at radius 3 is 1.45 bits per heavy atom. The molecule has 0 bridgehead atoms. The van der Waals surface area contributed by atoms with Crippen LogP contribution in [0.5, 0.6) is 11.5 Å². The average molecular weight is 1090 g/mol. The predicted octanol–water partition coefficient (Wildman–Crippen LogP) is 21.5. The Bertz CT molecular complexity index is 4840. The Balaban J connectivity index is 1.01. The van der Waals surface area contributed by atoms with Crippen molar-refractivity contribution >= 4 is 65.6 Å². The van der Waals surface area contributed by atoms with Crippen molar-refractivity contribution in [3.05, 3.63) is 234 Å². The molecule has 0 N–H and O–H groups in total. The Kier molecular flexibility index (Phi) is 12.9. The molecule has 7 nitrogen and oxygen atoms in total. The van der Waals surface area contributed by atoms with Crippen LogP contribution >= 0.6 is 0 Å². The van der Waals surface area contributed by atoms with Crippen molar-refractivity contribution in [2.24, 2.45) is 0 Å². The first kappa shape index (κ1) is 52.5. The number of rotatable bonds is 12. The molecule has 14 aromatic rings. The number of imidazole rings is 2. The molecular formula is C77H67N5O2. The van der Waals surface area contributed by atoms with Gasteiger partial charge in [0.1, 0.15) is 34.3 Å². The predicted molar refractivity (Wildman–Crippen MR) is 350 cm³/mol. The maximum absolute atomic E-state index is 7.34. The van der Waals surface area contributed by atoms with Crippen LogP contribution in [-0.2, 0) is 0 Å². The molecule has 0 amide bonds. The number of fused-ring (bicyclic) bond motifs is 9. The van der Waals surface area contributed by atoms with Crippen molar-refractivity contribution in [3.8, 4) is 67.9 Å². The maximum Gasteiger partial charge on any atom is 0.149 e. The third-order valence-electron chi connectivity index (χ3n) is 17.0. The molecule has 7 heteroatoms. The number of para-hydroxylation sites is 4. The topological polar surface area (TPSA) is 70.9 Å². The Morgan fingerprint density at radius 2 is 0.881 bits per heavy atom. The molecule has 0 atom stereocenters. The molecule has 412 valence electrons. The van der Waals surface area contributed by atoms with Gasteiger partial charge in [-0.05, 0) is 183 Å². The number of furan rings is 1. The van der Waals surface area contributed by atoms with Crippen molar-refractivity contribution in [1.82, 2.24) is 24.1 Å². The van der Waals surface area contributed by atoms with E-state index in [2.05, 4.69) is 279 Å². The van der Waals surface area contributed by atoms with Crippen LogP contribution in [0, 0.1) is 13.8 Å². The smallest absolute Gasteiger partial charge is 0.149 e. The number of aryl methyl sites for hydroxylation is 2. The highest BCUT2D eigenvalue weighted by atomic mass is 16.5. The molecule has 0 aliphatic heterocycles. The standard InChI is InChI=1S/C77H67N5O2/c1-44(2)60-38-53(50-22-13-11-14-23-50)39-61(45(3)4)73(60)81-69-30-19-17-28-67(69)79-76(81)52-26-21-27-55(37-52)83-56-42-65-72-59-33-32-57-49(10)78-48(9)36-64(57)58(59)34-35-71(72)84-75(65)66(43-56)77-80-68-29-18-20-31-70(68)82(77)74-62(46(5)6)40-54(41-63(74)47(7)8)51-24-15-12-16-25-51/h11-47H,1-10H3. The van der Waals surface area contributed by atoms with E-state index in [4.69, 9.17) is 24.1 Å². The normalized spacial score (nSPS) is 12.1. The second-order valence-electron chi connectivity index (χ2n) is 24.0. The number of nitrogens with zero attached hydrogens (tertiary/aromatic N) is 5. The number of hydrogen-bond donors (Lipinski definition) is 0. The van der Waals surface area contributed by atoms with Crippen LogP contribution in [0.15, 0.2) is 205 Å². The minimum absolute atomic E-state index is 0.183. The van der Waals surface area contributed by atoms with Gasteiger partial charge in [-0.25, -0.2) is 9.97 Å². The Labute approximate surface area is 490 Å². The van der Waals surface area contributed by atoms with Crippen molar-refractivity contribution in [2.45, 2.75) is 92.9 Å². The Morgan fingerprint density at radius 1 is 0.381 bits per heavy atom. The molecule has 14 rings (SSSR count). The van der Waals surface area contributed by atoms with E-state index in [-0.39, 0.29) is 23.7 Å². The highest BCUT2D eigenvalue weighted by Crippen LogP contribution is 2.48. The van der Waals surface area contributed by atoms with Crippen LogP contribution in [0.25, 0.3) is 122 Å². The molecule has 0 saturated carbocycles. The molecular weight excluding hydrogens is 1030 g/mol. The first-order valence-corrected chi connectivity index (χ1v) is 29.7. The third-order valence-corrected chi connectivity index (χ3v) is 17.0. The van der Waals surface area contributed by atoms with E-state index < -0.39 is 0 Å². The fourth-order valence-electron chi connectivity index (χ4n) is 13.0. The van der Waals surface area contributed by atoms with E-state index in [1.165, 1.54) is 55.6 Å². The van der Waals surface area contributed by atoms with Crippen LogP contribution in [0.1, 0.15) is 113 Å². The molecule has 4 heterocycles. The van der Waals surface area contributed by atoms with Gasteiger partial charge in [-0.1, -0.05) is 171 Å². The van der Waals surface area contributed by atoms with E-state index in [0.717, 1.165) is 100 Å². The van der Waals surface area contributed by atoms with Gasteiger partial charge in [0, 0.05) is 33.1 Å². The summed E-state index contributed by atoms with van der Waals surface area (Å²) in [6.45, 7) is 22.6. The summed E-state index contributed by atoms with van der Waals surface area (Å²) in [4.78, 5) is 16.0. The van der Waals surface area contributed by atoms with Gasteiger partial charge in [-0.3, -0.25) is 14.1 Å². The van der Waals surface area contributed by atoms with Crippen LogP contribution in [-0.4, -0.2) is 24.1 Å². The van der Waals surface area contributed by atoms with Crippen molar-refractivity contribution < 1.29 is 9.15 Å². The molecule has 84 heavy (non-hydrogen) atoms. The van der Waals surface area contributed by atoms with E-state index in [1.54, 1.807) is 0 Å². The van der Waals surface area contributed by atoms with Gasteiger partial charge in [0.25, 0.3) is 0 Å². The highest BCUT2D eigenvalue weighted by molar-refractivity contribution is 6.25. The monoisotopic (exact) mass is 1090 g/mol. The van der Waals surface area contributed by atoms with Crippen molar-refractivity contribution in [1.29, 1.82) is 0 Å². The summed E-state index contributed by atoms with van der Waals surface area (Å²) >= 11 is 0. The van der Waals surface area contributed by atoms with Gasteiger partial charge in [0.2, 0.25) is 0 Å². The maximum atomic E-state index is 7.34. The lowest BCUT2D eigenvalue weighted by molar-refractivity contribution is 0.483. The summed E-state index contributed by atoms with van der Waals surface area (Å²) in [5.41, 5.74) is 21.3. The molecule has 0 aliphatic carbocycles.